The van der Waals surface area contributed by atoms with Gasteiger partial charge in [0, 0.05) is 13.3 Å². The van der Waals surface area contributed by atoms with Crippen molar-refractivity contribution < 1.29 is 9.90 Å². The predicted molar refractivity (Wildman–Crippen MR) is 81.0 cm³/mol. The molecule has 1 N–H and O–H groups in total. The molecule has 1 aliphatic rings. The van der Waals surface area contributed by atoms with Crippen molar-refractivity contribution in [3.63, 3.8) is 0 Å². The lowest BCUT2D eigenvalue weighted by molar-refractivity contribution is -0.130. The van der Waals surface area contributed by atoms with Gasteiger partial charge < -0.3 is 5.11 Å². The summed E-state index contributed by atoms with van der Waals surface area (Å²) in [5.74, 6) is 0.134. The lowest BCUT2D eigenvalue weighted by Crippen LogP contribution is -2.24. The Morgan fingerprint density at radius 1 is 1.14 bits per heavy atom. The van der Waals surface area contributed by atoms with Crippen LogP contribution in [0.5, 0.6) is 5.75 Å². The number of phenols is 1. The molecule has 0 spiro atoms. The van der Waals surface area contributed by atoms with Gasteiger partial charge in [0.2, 0.25) is 5.91 Å². The van der Waals surface area contributed by atoms with Crippen molar-refractivity contribution in [2.45, 2.75) is 19.4 Å². The first kappa shape index (κ1) is 13.4. The quantitative estimate of drug-likeness (QED) is 0.919. The maximum atomic E-state index is 11.8. The second kappa shape index (κ2) is 5.40. The highest BCUT2D eigenvalue weighted by atomic mass is 16.3. The second-order valence-electron chi connectivity index (χ2n) is 5.09. The number of carbonyl (C=O) groups is 1. The second-order valence-corrected chi connectivity index (χ2v) is 5.09. The van der Waals surface area contributed by atoms with E-state index in [4.69, 9.17) is 0 Å². The van der Waals surface area contributed by atoms with Gasteiger partial charge in [-0.2, -0.15) is 5.10 Å². The van der Waals surface area contributed by atoms with Crippen LogP contribution in [0.25, 0.3) is 0 Å². The molecule has 1 atom stereocenters. The molecule has 4 nitrogen and oxygen atoms in total. The van der Waals surface area contributed by atoms with E-state index in [1.54, 1.807) is 12.1 Å². The van der Waals surface area contributed by atoms with Crippen molar-refractivity contribution in [1.82, 2.24) is 5.01 Å². The molecule has 1 heterocycles. The highest BCUT2D eigenvalue weighted by Crippen LogP contribution is 2.33. The highest BCUT2D eigenvalue weighted by molar-refractivity contribution is 6.03. The third-order valence-corrected chi connectivity index (χ3v) is 3.62. The van der Waals surface area contributed by atoms with Crippen molar-refractivity contribution in [1.29, 1.82) is 0 Å². The fourth-order valence-corrected chi connectivity index (χ4v) is 2.56. The topological polar surface area (TPSA) is 52.9 Å². The lowest BCUT2D eigenvalue weighted by Gasteiger charge is -2.20. The number of nitrogens with zero attached hydrogens (tertiary/aromatic N) is 2. The zero-order valence-corrected chi connectivity index (χ0v) is 11.7. The van der Waals surface area contributed by atoms with Gasteiger partial charge >= 0.3 is 0 Å². The van der Waals surface area contributed by atoms with Crippen molar-refractivity contribution in [3.05, 3.63) is 65.7 Å². The van der Waals surface area contributed by atoms with E-state index in [0.29, 0.717) is 6.42 Å². The monoisotopic (exact) mass is 280 g/mol. The number of hydrazone groups is 1. The van der Waals surface area contributed by atoms with E-state index in [1.807, 2.05) is 42.5 Å². The van der Waals surface area contributed by atoms with E-state index in [-0.39, 0.29) is 17.7 Å². The van der Waals surface area contributed by atoms with Gasteiger partial charge in [0.25, 0.3) is 0 Å². The summed E-state index contributed by atoms with van der Waals surface area (Å²) in [4.78, 5) is 11.8. The molecule has 0 aromatic heterocycles. The molecule has 0 bridgehead atoms. The number of hydrogen-bond acceptors (Lipinski definition) is 3. The Bertz CT molecular complexity index is 678. The van der Waals surface area contributed by atoms with Crippen LogP contribution in [0.4, 0.5) is 0 Å². The van der Waals surface area contributed by atoms with Crippen LogP contribution in [-0.2, 0) is 4.79 Å². The maximum Gasteiger partial charge on any atom is 0.240 e. The Morgan fingerprint density at radius 2 is 1.81 bits per heavy atom. The number of amides is 1. The summed E-state index contributed by atoms with van der Waals surface area (Å²) in [6.07, 6.45) is 0.675. The standard InChI is InChI=1S/C17H16N2O2/c1-12(20)19-17(14-7-9-15(21)10-8-14)11-16(18-19)13-5-3-2-4-6-13/h2-10,17,21H,11H2,1H3. The SMILES string of the molecule is CC(=O)N1N=C(c2ccccc2)CC1c1ccc(O)cc1. The Labute approximate surface area is 123 Å². The first-order valence-corrected chi connectivity index (χ1v) is 6.87. The molecule has 2 aromatic carbocycles. The Morgan fingerprint density at radius 3 is 2.43 bits per heavy atom. The zero-order chi connectivity index (χ0) is 14.8. The summed E-state index contributed by atoms with van der Waals surface area (Å²) in [5.41, 5.74) is 2.91. The molecule has 0 fully saturated rings. The number of rotatable bonds is 2. The summed E-state index contributed by atoms with van der Waals surface area (Å²) in [7, 11) is 0. The Hall–Kier alpha value is -2.62. The molecule has 0 aliphatic carbocycles. The summed E-state index contributed by atoms with van der Waals surface area (Å²) in [6.45, 7) is 1.52. The summed E-state index contributed by atoms with van der Waals surface area (Å²) in [6, 6.07) is 16.7. The lowest BCUT2D eigenvalue weighted by atomic mass is 9.98. The average molecular weight is 280 g/mol. The third-order valence-electron chi connectivity index (χ3n) is 3.62. The molecular weight excluding hydrogens is 264 g/mol. The summed E-state index contributed by atoms with van der Waals surface area (Å²) >= 11 is 0. The van der Waals surface area contributed by atoms with E-state index in [9.17, 15) is 9.90 Å². The molecule has 1 aliphatic heterocycles. The van der Waals surface area contributed by atoms with Gasteiger partial charge in [-0.3, -0.25) is 4.79 Å². The number of carbonyl (C=O) groups excluding carboxylic acids is 1. The molecule has 1 amide bonds. The van der Waals surface area contributed by atoms with Gasteiger partial charge in [-0.1, -0.05) is 42.5 Å². The predicted octanol–water partition coefficient (Wildman–Crippen LogP) is 3.09. The van der Waals surface area contributed by atoms with Crippen LogP contribution < -0.4 is 0 Å². The van der Waals surface area contributed by atoms with Crippen LogP contribution in [0.3, 0.4) is 0 Å². The Kier molecular flexibility index (Phi) is 3.44. The van der Waals surface area contributed by atoms with Crippen molar-refractivity contribution in [3.8, 4) is 5.75 Å². The van der Waals surface area contributed by atoms with Gasteiger partial charge in [0.05, 0.1) is 11.8 Å². The minimum atomic E-state index is -0.113. The molecule has 21 heavy (non-hydrogen) atoms. The van der Waals surface area contributed by atoms with Crippen LogP contribution in [0.15, 0.2) is 59.7 Å². The van der Waals surface area contributed by atoms with Gasteiger partial charge in [-0.05, 0) is 23.3 Å². The molecule has 1 unspecified atom stereocenters. The van der Waals surface area contributed by atoms with E-state index in [1.165, 1.54) is 11.9 Å². The van der Waals surface area contributed by atoms with E-state index in [2.05, 4.69) is 5.10 Å². The average Bonchev–Trinajstić information content (AvgIpc) is 2.94. The molecule has 0 saturated heterocycles. The van der Waals surface area contributed by atoms with Gasteiger partial charge in [0.15, 0.2) is 0 Å². The normalized spacial score (nSPS) is 17.7. The maximum absolute atomic E-state index is 11.8. The number of aromatic hydroxyl groups is 1. The highest BCUT2D eigenvalue weighted by Gasteiger charge is 2.31. The fourth-order valence-electron chi connectivity index (χ4n) is 2.56. The first-order valence-electron chi connectivity index (χ1n) is 6.87. The van der Waals surface area contributed by atoms with E-state index >= 15 is 0 Å². The first-order chi connectivity index (χ1) is 10.1. The van der Waals surface area contributed by atoms with E-state index in [0.717, 1.165) is 16.8 Å². The van der Waals surface area contributed by atoms with Crippen LogP contribution in [0.1, 0.15) is 30.5 Å². The molecule has 0 saturated carbocycles. The number of benzene rings is 2. The molecule has 2 aromatic rings. The van der Waals surface area contributed by atoms with E-state index < -0.39 is 0 Å². The largest absolute Gasteiger partial charge is 0.508 e. The zero-order valence-electron chi connectivity index (χ0n) is 11.7. The third kappa shape index (κ3) is 2.65. The molecule has 3 rings (SSSR count). The van der Waals surface area contributed by atoms with Gasteiger partial charge in [-0.15, -0.1) is 0 Å². The molecular formula is C17H16N2O2. The molecule has 106 valence electrons. The molecule has 4 heteroatoms. The summed E-state index contributed by atoms with van der Waals surface area (Å²) < 4.78 is 0. The number of phenolic OH excluding ortho intramolecular Hbond substituents is 1. The van der Waals surface area contributed by atoms with Crippen LogP contribution in [0.2, 0.25) is 0 Å². The molecule has 0 radical (unpaired) electrons. The number of hydrogen-bond donors (Lipinski definition) is 1. The van der Waals surface area contributed by atoms with Crippen molar-refractivity contribution in [2.75, 3.05) is 0 Å². The van der Waals surface area contributed by atoms with Crippen LogP contribution >= 0.6 is 0 Å². The minimum absolute atomic E-state index is 0.0843. The van der Waals surface area contributed by atoms with Crippen molar-refractivity contribution in [2.24, 2.45) is 5.10 Å². The minimum Gasteiger partial charge on any atom is -0.508 e. The smallest absolute Gasteiger partial charge is 0.240 e. The van der Waals surface area contributed by atoms with Crippen LogP contribution in [-0.4, -0.2) is 21.7 Å². The fraction of sp³-hybridized carbons (Fsp3) is 0.176. The van der Waals surface area contributed by atoms with Crippen LogP contribution in [0, 0.1) is 0 Å². The van der Waals surface area contributed by atoms with Gasteiger partial charge in [-0.25, -0.2) is 5.01 Å². The Balaban J connectivity index is 1.93. The summed E-state index contributed by atoms with van der Waals surface area (Å²) in [5, 5.41) is 15.4. The van der Waals surface area contributed by atoms with Gasteiger partial charge in [0.1, 0.15) is 5.75 Å². The van der Waals surface area contributed by atoms with Crippen molar-refractivity contribution >= 4 is 11.6 Å².